The Morgan fingerprint density at radius 3 is 2.41 bits per heavy atom. The molecule has 2 rings (SSSR count). The molecule has 6 nitrogen and oxygen atoms in total. The van der Waals surface area contributed by atoms with E-state index in [0.29, 0.717) is 17.0 Å². The van der Waals surface area contributed by atoms with Gasteiger partial charge in [-0.3, -0.25) is 9.89 Å². The molecular weight excluding hydrogens is 301 g/mol. The number of anilines is 1. The third-order valence-electron chi connectivity index (χ3n) is 3.45. The molecule has 9 heteroatoms. The van der Waals surface area contributed by atoms with Gasteiger partial charge in [0.05, 0.1) is 11.6 Å². The molecule has 0 aromatic carbocycles. The van der Waals surface area contributed by atoms with E-state index in [1.165, 1.54) is 6.92 Å². The molecule has 2 N–H and O–H groups in total. The van der Waals surface area contributed by atoms with Gasteiger partial charge in [0, 0.05) is 11.1 Å². The van der Waals surface area contributed by atoms with E-state index in [2.05, 4.69) is 15.6 Å². The summed E-state index contributed by atoms with van der Waals surface area (Å²) < 4.78 is 43.0. The van der Waals surface area contributed by atoms with Crippen molar-refractivity contribution in [2.24, 2.45) is 0 Å². The van der Waals surface area contributed by atoms with Gasteiger partial charge in [0.2, 0.25) is 5.91 Å². The quantitative estimate of drug-likeness (QED) is 0.911. The van der Waals surface area contributed by atoms with Crippen LogP contribution in [-0.2, 0) is 11.0 Å². The van der Waals surface area contributed by atoms with Crippen LogP contribution in [0.3, 0.4) is 0 Å². The summed E-state index contributed by atoms with van der Waals surface area (Å²) in [6.45, 7) is 6.22. The average Bonchev–Trinajstić information content (AvgIpc) is 2.92. The molecule has 2 aromatic rings. The highest BCUT2D eigenvalue weighted by molar-refractivity contribution is 5.95. The predicted molar refractivity (Wildman–Crippen MR) is 71.3 cm³/mol. The summed E-state index contributed by atoms with van der Waals surface area (Å²) in [4.78, 5) is 12.2. The minimum absolute atomic E-state index is 0.143. The molecular formula is C13H15F3N4O2. The van der Waals surface area contributed by atoms with Crippen molar-refractivity contribution < 1.29 is 22.5 Å². The Morgan fingerprint density at radius 2 is 1.95 bits per heavy atom. The molecule has 120 valence electrons. The van der Waals surface area contributed by atoms with E-state index < -0.39 is 23.7 Å². The van der Waals surface area contributed by atoms with Crippen LogP contribution in [0.4, 0.5) is 19.0 Å². The van der Waals surface area contributed by atoms with Gasteiger partial charge in [-0.15, -0.1) is 0 Å². The third-order valence-corrected chi connectivity index (χ3v) is 3.45. The summed E-state index contributed by atoms with van der Waals surface area (Å²) in [7, 11) is 0. The first-order valence-corrected chi connectivity index (χ1v) is 6.48. The molecule has 0 bridgehead atoms. The van der Waals surface area contributed by atoms with Crippen molar-refractivity contribution in [3.05, 3.63) is 28.3 Å². The van der Waals surface area contributed by atoms with Gasteiger partial charge >= 0.3 is 6.18 Å². The molecule has 1 unspecified atom stereocenters. The van der Waals surface area contributed by atoms with Gasteiger partial charge in [-0.25, -0.2) is 0 Å². The van der Waals surface area contributed by atoms with E-state index in [4.69, 9.17) is 4.52 Å². The van der Waals surface area contributed by atoms with Gasteiger partial charge in [-0.1, -0.05) is 5.16 Å². The molecule has 1 atom stereocenters. The molecule has 0 aliphatic carbocycles. The van der Waals surface area contributed by atoms with E-state index in [-0.39, 0.29) is 11.4 Å². The zero-order valence-electron chi connectivity index (χ0n) is 12.4. The molecule has 1 amide bonds. The van der Waals surface area contributed by atoms with Gasteiger partial charge < -0.3 is 9.84 Å². The normalized spacial score (nSPS) is 13.2. The minimum atomic E-state index is -4.55. The first-order valence-electron chi connectivity index (χ1n) is 6.48. The number of halogens is 3. The Labute approximate surface area is 124 Å². The summed E-state index contributed by atoms with van der Waals surface area (Å²) in [5.41, 5.74) is 0.0382. The average molecular weight is 316 g/mol. The van der Waals surface area contributed by atoms with Crippen LogP contribution in [0.25, 0.3) is 0 Å². The fourth-order valence-corrected chi connectivity index (χ4v) is 2.26. The second-order valence-corrected chi connectivity index (χ2v) is 5.02. The summed E-state index contributed by atoms with van der Waals surface area (Å²) in [5, 5.41) is 11.6. The monoisotopic (exact) mass is 316 g/mol. The number of aryl methyl sites for hydroxylation is 2. The standard InChI is InChI=1S/C13H15F3N4O2/c1-5(9-7(3)20-22-8(9)4)12(21)17-11-6(2)10(18-19-11)13(14,15)16/h5H,1-4H3,(H2,17,18,19,21). The molecule has 0 aliphatic rings. The molecule has 0 saturated carbocycles. The molecule has 0 saturated heterocycles. The van der Waals surface area contributed by atoms with Gasteiger partial charge in [0.1, 0.15) is 11.5 Å². The number of carbonyl (C=O) groups is 1. The SMILES string of the molecule is Cc1noc(C)c1C(C)C(=O)Nc1n[nH]c(C(F)(F)F)c1C. The molecule has 2 aromatic heterocycles. The van der Waals surface area contributed by atoms with E-state index >= 15 is 0 Å². The Kier molecular flexibility index (Phi) is 3.99. The van der Waals surface area contributed by atoms with Crippen molar-refractivity contribution in [2.75, 3.05) is 5.32 Å². The van der Waals surface area contributed by atoms with Crippen molar-refractivity contribution in [1.82, 2.24) is 15.4 Å². The van der Waals surface area contributed by atoms with Crippen LogP contribution in [0.15, 0.2) is 4.52 Å². The lowest BCUT2D eigenvalue weighted by atomic mass is 9.98. The zero-order chi connectivity index (χ0) is 16.7. The van der Waals surface area contributed by atoms with Gasteiger partial charge in [0.15, 0.2) is 5.82 Å². The van der Waals surface area contributed by atoms with E-state index in [0.717, 1.165) is 0 Å². The highest BCUT2D eigenvalue weighted by atomic mass is 19.4. The zero-order valence-corrected chi connectivity index (χ0v) is 12.4. The van der Waals surface area contributed by atoms with Crippen LogP contribution in [0.1, 0.15) is 41.1 Å². The first-order chi connectivity index (χ1) is 10.1. The van der Waals surface area contributed by atoms with Crippen molar-refractivity contribution in [3.8, 4) is 0 Å². The van der Waals surface area contributed by atoms with Crippen molar-refractivity contribution in [3.63, 3.8) is 0 Å². The largest absolute Gasteiger partial charge is 0.433 e. The number of rotatable bonds is 3. The lowest BCUT2D eigenvalue weighted by molar-refractivity contribution is -0.141. The number of amides is 1. The molecule has 0 aliphatic heterocycles. The Balaban J connectivity index is 2.21. The predicted octanol–water partition coefficient (Wildman–Crippen LogP) is 3.08. The fourth-order valence-electron chi connectivity index (χ4n) is 2.26. The maximum absolute atomic E-state index is 12.7. The number of aromatic nitrogens is 3. The summed E-state index contributed by atoms with van der Waals surface area (Å²) >= 11 is 0. The highest BCUT2D eigenvalue weighted by Crippen LogP contribution is 2.33. The molecule has 0 radical (unpaired) electrons. The lowest BCUT2D eigenvalue weighted by Gasteiger charge is -2.11. The smallest absolute Gasteiger partial charge is 0.361 e. The Hall–Kier alpha value is -2.32. The number of hydrogen-bond donors (Lipinski definition) is 2. The second-order valence-electron chi connectivity index (χ2n) is 5.02. The number of nitrogens with zero attached hydrogens (tertiary/aromatic N) is 2. The van der Waals surface area contributed by atoms with Crippen LogP contribution in [0, 0.1) is 20.8 Å². The third kappa shape index (κ3) is 2.83. The number of alkyl halides is 3. The maximum atomic E-state index is 12.7. The van der Waals surface area contributed by atoms with Gasteiger partial charge in [-0.05, 0) is 27.7 Å². The summed E-state index contributed by atoms with van der Waals surface area (Å²) in [6.07, 6.45) is -4.55. The first kappa shape index (κ1) is 16.1. The molecule has 0 fully saturated rings. The second kappa shape index (κ2) is 5.47. The van der Waals surface area contributed by atoms with Crippen LogP contribution < -0.4 is 5.32 Å². The van der Waals surface area contributed by atoms with Crippen LogP contribution >= 0.6 is 0 Å². The number of hydrogen-bond acceptors (Lipinski definition) is 4. The molecule has 22 heavy (non-hydrogen) atoms. The van der Waals surface area contributed by atoms with Crippen molar-refractivity contribution in [2.45, 2.75) is 39.8 Å². The molecule has 0 spiro atoms. The summed E-state index contributed by atoms with van der Waals surface area (Å²) in [5.74, 6) is -0.764. The molecule has 2 heterocycles. The lowest BCUT2D eigenvalue weighted by Crippen LogP contribution is -2.20. The van der Waals surface area contributed by atoms with Crippen LogP contribution in [0.5, 0.6) is 0 Å². The van der Waals surface area contributed by atoms with Crippen LogP contribution in [0.2, 0.25) is 0 Å². The highest BCUT2D eigenvalue weighted by Gasteiger charge is 2.36. The number of nitrogens with one attached hydrogen (secondary N) is 2. The number of H-pyrrole nitrogens is 1. The van der Waals surface area contributed by atoms with Crippen molar-refractivity contribution in [1.29, 1.82) is 0 Å². The van der Waals surface area contributed by atoms with E-state index in [1.807, 2.05) is 5.10 Å². The van der Waals surface area contributed by atoms with E-state index in [9.17, 15) is 18.0 Å². The summed E-state index contributed by atoms with van der Waals surface area (Å²) in [6, 6.07) is 0. The fraction of sp³-hybridized carbons (Fsp3) is 0.462. The minimum Gasteiger partial charge on any atom is -0.361 e. The maximum Gasteiger partial charge on any atom is 0.433 e. The Morgan fingerprint density at radius 1 is 1.32 bits per heavy atom. The van der Waals surface area contributed by atoms with Crippen molar-refractivity contribution >= 4 is 11.7 Å². The van der Waals surface area contributed by atoms with Gasteiger partial charge in [0.25, 0.3) is 0 Å². The number of carbonyl (C=O) groups excluding carboxylic acids is 1. The van der Waals surface area contributed by atoms with E-state index in [1.54, 1.807) is 20.8 Å². The number of aromatic amines is 1. The van der Waals surface area contributed by atoms with Gasteiger partial charge in [-0.2, -0.15) is 18.3 Å². The van der Waals surface area contributed by atoms with Crippen LogP contribution in [-0.4, -0.2) is 21.3 Å². The topological polar surface area (TPSA) is 83.8 Å². The Bertz CT molecular complexity index is 683.